The van der Waals surface area contributed by atoms with Crippen molar-refractivity contribution in [3.8, 4) is 0 Å². The lowest BCUT2D eigenvalue weighted by Crippen LogP contribution is -2.50. The summed E-state index contributed by atoms with van der Waals surface area (Å²) in [5.74, 6) is -0.0824. The molecule has 3 heterocycles. The van der Waals surface area contributed by atoms with E-state index in [1.807, 2.05) is 11.0 Å². The van der Waals surface area contributed by atoms with E-state index in [1.54, 1.807) is 33.9 Å². The molecule has 0 saturated carbocycles. The first-order valence-electron chi connectivity index (χ1n) is 12.1. The van der Waals surface area contributed by atoms with Crippen molar-refractivity contribution in [3.63, 3.8) is 0 Å². The fourth-order valence-corrected chi connectivity index (χ4v) is 5.37. The fourth-order valence-electron chi connectivity index (χ4n) is 5.37. The van der Waals surface area contributed by atoms with Gasteiger partial charge in [-0.3, -0.25) is 14.4 Å². The summed E-state index contributed by atoms with van der Waals surface area (Å²) >= 11 is 0. The van der Waals surface area contributed by atoms with Crippen molar-refractivity contribution < 1.29 is 14.4 Å². The Balaban J connectivity index is 1.37. The molecule has 3 aromatic rings. The van der Waals surface area contributed by atoms with E-state index in [4.69, 9.17) is 0 Å². The lowest BCUT2D eigenvalue weighted by atomic mass is 9.94. The van der Waals surface area contributed by atoms with Crippen LogP contribution in [0.15, 0.2) is 60.4 Å². The minimum Gasteiger partial charge on any atom is -0.339 e. The number of nitrogens with zero attached hydrogens (tertiary/aromatic N) is 4. The lowest BCUT2D eigenvalue weighted by molar-refractivity contribution is -0.134. The third-order valence-electron chi connectivity index (χ3n) is 7.29. The Hall–Kier alpha value is -4.07. The fraction of sp³-hybridized carbons (Fsp3) is 0.321. The standard InChI is InChI=1S/C28H28N4O4/c1-3-27(34)32-13-19(14-32)11-22(33)16-31-17-25(24-12-21(29-36)7-8-26(24)31)28(35)30-10-9-23-18(2)5-4-6-20(23)15-30/h3-8,12,17,19H,1,9-11,13-16H2,2H3. The molecular formula is C28H28N4O4. The Morgan fingerprint density at radius 3 is 2.69 bits per heavy atom. The van der Waals surface area contributed by atoms with Crippen molar-refractivity contribution in [2.24, 2.45) is 11.1 Å². The van der Waals surface area contributed by atoms with Gasteiger partial charge in [-0.15, -0.1) is 4.91 Å². The van der Waals surface area contributed by atoms with Crippen molar-refractivity contribution >= 4 is 34.2 Å². The van der Waals surface area contributed by atoms with Crippen LogP contribution in [0.3, 0.4) is 0 Å². The van der Waals surface area contributed by atoms with Crippen LogP contribution in [0.5, 0.6) is 0 Å². The Bertz CT molecular complexity index is 1400. The molecule has 0 spiro atoms. The number of ketones is 1. The van der Waals surface area contributed by atoms with Crippen molar-refractivity contribution in [1.82, 2.24) is 14.4 Å². The third kappa shape index (κ3) is 4.34. The second-order valence-corrected chi connectivity index (χ2v) is 9.71. The normalized spacial score (nSPS) is 15.4. The highest BCUT2D eigenvalue weighted by atomic mass is 16.3. The van der Waals surface area contributed by atoms with Crippen molar-refractivity contribution in [2.75, 3.05) is 19.6 Å². The summed E-state index contributed by atoms with van der Waals surface area (Å²) in [6.07, 6.45) is 4.16. The van der Waals surface area contributed by atoms with E-state index in [0.717, 1.165) is 12.0 Å². The SMILES string of the molecule is C=CC(=O)N1CC(CC(=O)Cn2cc(C(=O)N3CCc4c(C)cccc4C3)c3cc(N=O)ccc32)C1. The van der Waals surface area contributed by atoms with Crippen LogP contribution in [-0.2, 0) is 29.1 Å². The van der Waals surface area contributed by atoms with Crippen LogP contribution in [0.25, 0.3) is 10.9 Å². The van der Waals surface area contributed by atoms with Crippen LogP contribution in [0.4, 0.5) is 5.69 Å². The van der Waals surface area contributed by atoms with Crippen LogP contribution in [-0.4, -0.2) is 51.6 Å². The zero-order valence-electron chi connectivity index (χ0n) is 20.3. The van der Waals surface area contributed by atoms with Crippen LogP contribution in [0.1, 0.15) is 33.5 Å². The molecule has 0 unspecified atom stereocenters. The van der Waals surface area contributed by atoms with E-state index in [2.05, 4.69) is 30.8 Å². The van der Waals surface area contributed by atoms with Crippen molar-refractivity contribution in [1.29, 1.82) is 0 Å². The Labute approximate surface area is 209 Å². The molecule has 0 radical (unpaired) electrons. The maximum atomic E-state index is 13.6. The number of benzene rings is 2. The summed E-state index contributed by atoms with van der Waals surface area (Å²) < 4.78 is 1.78. The topological polar surface area (TPSA) is 92.1 Å². The summed E-state index contributed by atoms with van der Waals surface area (Å²) in [5.41, 5.74) is 5.09. The molecule has 0 bridgehead atoms. The molecule has 2 aliphatic rings. The molecule has 184 valence electrons. The minimum atomic E-state index is -0.126. The number of hydrogen-bond acceptors (Lipinski definition) is 5. The number of hydrogen-bond donors (Lipinski definition) is 0. The van der Waals surface area contributed by atoms with Crippen molar-refractivity contribution in [3.05, 3.63) is 82.4 Å². The average Bonchev–Trinajstić information content (AvgIpc) is 3.22. The molecule has 8 nitrogen and oxygen atoms in total. The number of aromatic nitrogens is 1. The average molecular weight is 485 g/mol. The highest BCUT2D eigenvalue weighted by Crippen LogP contribution is 2.30. The predicted octanol–water partition coefficient (Wildman–Crippen LogP) is 4.15. The first-order chi connectivity index (χ1) is 17.4. The second kappa shape index (κ2) is 9.53. The van der Waals surface area contributed by atoms with Crippen LogP contribution < -0.4 is 0 Å². The molecule has 36 heavy (non-hydrogen) atoms. The molecule has 5 rings (SSSR count). The molecule has 1 saturated heterocycles. The van der Waals surface area contributed by atoms with Gasteiger partial charge in [0.25, 0.3) is 5.91 Å². The highest BCUT2D eigenvalue weighted by molar-refractivity contribution is 6.08. The van der Waals surface area contributed by atoms with Gasteiger partial charge in [0, 0.05) is 55.6 Å². The van der Waals surface area contributed by atoms with E-state index in [0.29, 0.717) is 49.1 Å². The largest absolute Gasteiger partial charge is 0.339 e. The molecular weight excluding hydrogens is 456 g/mol. The first kappa shape index (κ1) is 23.7. The van der Waals surface area contributed by atoms with Gasteiger partial charge in [-0.25, -0.2) is 0 Å². The minimum absolute atomic E-state index is 0.0292. The van der Waals surface area contributed by atoms with Gasteiger partial charge in [-0.05, 0) is 59.5 Å². The maximum absolute atomic E-state index is 13.6. The third-order valence-corrected chi connectivity index (χ3v) is 7.29. The lowest BCUT2D eigenvalue weighted by Gasteiger charge is -2.38. The van der Waals surface area contributed by atoms with Gasteiger partial charge in [0.15, 0.2) is 5.78 Å². The molecule has 1 aromatic heterocycles. The number of aryl methyl sites for hydroxylation is 1. The molecule has 0 atom stereocenters. The zero-order valence-corrected chi connectivity index (χ0v) is 20.3. The molecule has 2 aliphatic heterocycles. The second-order valence-electron chi connectivity index (χ2n) is 9.71. The highest BCUT2D eigenvalue weighted by Gasteiger charge is 2.31. The molecule has 1 fully saturated rings. The monoisotopic (exact) mass is 484 g/mol. The van der Waals surface area contributed by atoms with Gasteiger partial charge >= 0.3 is 0 Å². The maximum Gasteiger partial charge on any atom is 0.256 e. The smallest absolute Gasteiger partial charge is 0.256 e. The summed E-state index contributed by atoms with van der Waals surface area (Å²) in [5, 5.41) is 3.66. The number of nitroso groups, excluding NO2 is 1. The molecule has 0 N–H and O–H groups in total. The number of rotatable bonds is 7. The Morgan fingerprint density at radius 2 is 1.94 bits per heavy atom. The van der Waals surface area contributed by atoms with Gasteiger partial charge < -0.3 is 14.4 Å². The Kier molecular flexibility index (Phi) is 6.26. The van der Waals surface area contributed by atoms with E-state index in [9.17, 15) is 19.3 Å². The molecule has 2 aromatic carbocycles. The van der Waals surface area contributed by atoms with E-state index in [1.165, 1.54) is 17.2 Å². The summed E-state index contributed by atoms with van der Waals surface area (Å²) in [4.78, 5) is 52.9. The number of carbonyl (C=O) groups is 3. The quantitative estimate of drug-likeness (QED) is 0.372. The Morgan fingerprint density at radius 1 is 1.14 bits per heavy atom. The summed E-state index contributed by atoms with van der Waals surface area (Å²) in [7, 11) is 0. The molecule has 0 aliphatic carbocycles. The zero-order chi connectivity index (χ0) is 25.4. The first-order valence-corrected chi connectivity index (χ1v) is 12.1. The summed E-state index contributed by atoms with van der Waals surface area (Å²) in [6.45, 7) is 7.93. The van der Waals surface area contributed by atoms with Crippen molar-refractivity contribution in [2.45, 2.75) is 32.9 Å². The number of fused-ring (bicyclic) bond motifs is 2. The van der Waals surface area contributed by atoms with Gasteiger partial charge in [0.05, 0.1) is 12.1 Å². The van der Waals surface area contributed by atoms with Crippen LogP contribution >= 0.6 is 0 Å². The van der Waals surface area contributed by atoms with E-state index in [-0.39, 0.29) is 35.7 Å². The van der Waals surface area contributed by atoms with Gasteiger partial charge in [-0.1, -0.05) is 24.8 Å². The number of Topliss-reactive ketones (excluding diaryl/α,β-unsaturated/α-hetero) is 1. The summed E-state index contributed by atoms with van der Waals surface area (Å²) in [6, 6.07) is 11.1. The predicted molar refractivity (Wildman–Crippen MR) is 137 cm³/mol. The number of carbonyl (C=O) groups excluding carboxylic acids is 3. The van der Waals surface area contributed by atoms with Gasteiger partial charge in [-0.2, -0.15) is 0 Å². The van der Waals surface area contributed by atoms with Crippen LogP contribution in [0, 0.1) is 17.7 Å². The van der Waals surface area contributed by atoms with Crippen LogP contribution in [0.2, 0.25) is 0 Å². The van der Waals surface area contributed by atoms with E-state index >= 15 is 0 Å². The number of likely N-dealkylation sites (tertiary alicyclic amines) is 1. The van der Waals surface area contributed by atoms with Gasteiger partial charge in [0.1, 0.15) is 5.69 Å². The van der Waals surface area contributed by atoms with E-state index < -0.39 is 0 Å². The molecule has 2 amide bonds. The van der Waals surface area contributed by atoms with Gasteiger partial charge in [0.2, 0.25) is 5.91 Å². The number of amides is 2. The molecule has 8 heteroatoms.